The van der Waals surface area contributed by atoms with Crippen molar-refractivity contribution in [2.24, 2.45) is 0 Å². The molecule has 0 bridgehead atoms. The lowest BCUT2D eigenvalue weighted by Crippen LogP contribution is -2.51. The van der Waals surface area contributed by atoms with Gasteiger partial charge in [0, 0.05) is 24.2 Å². The van der Waals surface area contributed by atoms with Gasteiger partial charge in [-0.2, -0.15) is 0 Å². The Balaban J connectivity index is 3.31. The van der Waals surface area contributed by atoms with Gasteiger partial charge in [-0.1, -0.05) is 47.6 Å². The van der Waals surface area contributed by atoms with Crippen molar-refractivity contribution in [3.63, 3.8) is 0 Å². The van der Waals surface area contributed by atoms with Crippen LogP contribution in [0.5, 0.6) is 0 Å². The largest absolute Gasteiger partial charge is 0.598 e. The number of nitrogens with zero attached hydrogens (tertiary/aromatic N) is 1. The molecule has 0 amide bonds. The fourth-order valence-corrected chi connectivity index (χ4v) is 5.84. The van der Waals surface area contributed by atoms with Gasteiger partial charge in [-0.15, -0.1) is 4.72 Å². The van der Waals surface area contributed by atoms with Crippen LogP contribution in [-0.2, 0) is 20.2 Å². The Hall–Kier alpha value is -0.226. The highest BCUT2D eigenvalue weighted by Gasteiger charge is 2.44. The second kappa shape index (κ2) is 11.2. The van der Waals surface area contributed by atoms with Gasteiger partial charge in [-0.05, 0) is 75.6 Å². The van der Waals surface area contributed by atoms with Gasteiger partial charge in [0.2, 0.25) is 0 Å². The van der Waals surface area contributed by atoms with E-state index in [1.807, 2.05) is 39.0 Å². The van der Waals surface area contributed by atoms with Crippen LogP contribution >= 0.6 is 0 Å². The van der Waals surface area contributed by atoms with Crippen molar-refractivity contribution in [3.05, 3.63) is 30.1 Å². The first-order valence-electron chi connectivity index (χ1n) is 12.1. The summed E-state index contributed by atoms with van der Waals surface area (Å²) in [5, 5.41) is 0.188. The normalized spacial score (nSPS) is 17.0. The maximum absolute atomic E-state index is 13.2. The average Bonchev–Trinajstić information content (AvgIpc) is 2.63. The molecule has 8 heteroatoms. The van der Waals surface area contributed by atoms with E-state index in [0.717, 1.165) is 5.69 Å². The first-order chi connectivity index (χ1) is 14.7. The van der Waals surface area contributed by atoms with E-state index in [9.17, 15) is 4.55 Å². The summed E-state index contributed by atoms with van der Waals surface area (Å²) in [6.07, 6.45) is 2.20. The van der Waals surface area contributed by atoms with E-state index in [1.165, 1.54) is 0 Å². The highest BCUT2D eigenvalue weighted by molar-refractivity contribution is 7.90. The molecule has 2 unspecified atom stereocenters. The van der Waals surface area contributed by atoms with Gasteiger partial charge >= 0.3 is 0 Å². The molecule has 1 N–H and O–H groups in total. The first kappa shape index (κ1) is 30.8. The Morgan fingerprint density at radius 3 is 1.91 bits per heavy atom. The van der Waals surface area contributed by atoms with Gasteiger partial charge in [0.05, 0.1) is 11.7 Å². The summed E-state index contributed by atoms with van der Waals surface area (Å²) < 4.78 is 29.7. The van der Waals surface area contributed by atoms with Gasteiger partial charge in [0.25, 0.3) is 0 Å². The second-order valence-corrected chi connectivity index (χ2v) is 24.6. The Kier molecular flexibility index (Phi) is 10.5. The van der Waals surface area contributed by atoms with Crippen LogP contribution in [0.3, 0.4) is 0 Å². The van der Waals surface area contributed by atoms with Crippen molar-refractivity contribution in [1.82, 2.24) is 9.71 Å². The molecule has 192 valence electrons. The molecule has 0 aromatic carbocycles. The van der Waals surface area contributed by atoms with Crippen molar-refractivity contribution in [2.45, 2.75) is 122 Å². The van der Waals surface area contributed by atoms with E-state index >= 15 is 0 Å². The number of hydrogen-bond acceptors (Lipinski definition) is 5. The lowest BCUT2D eigenvalue weighted by atomic mass is 10.1. The molecule has 0 saturated heterocycles. The molecular weight excluding hydrogens is 465 g/mol. The summed E-state index contributed by atoms with van der Waals surface area (Å²) in [6, 6.07) is 5.75. The highest BCUT2D eigenvalue weighted by atomic mass is 32.2. The fourth-order valence-electron chi connectivity index (χ4n) is 2.63. The zero-order chi connectivity index (χ0) is 25.9. The van der Waals surface area contributed by atoms with Gasteiger partial charge < -0.3 is 13.4 Å². The van der Waals surface area contributed by atoms with E-state index in [0.29, 0.717) is 13.0 Å². The monoisotopic (exact) mass is 514 g/mol. The van der Waals surface area contributed by atoms with Crippen molar-refractivity contribution >= 4 is 28.0 Å². The summed E-state index contributed by atoms with van der Waals surface area (Å²) in [5.74, 6) is 0. The van der Waals surface area contributed by atoms with Crippen molar-refractivity contribution in [1.29, 1.82) is 0 Å². The van der Waals surface area contributed by atoms with Crippen molar-refractivity contribution < 1.29 is 13.4 Å². The Morgan fingerprint density at radius 1 is 0.939 bits per heavy atom. The molecular formula is C25H50N2O3SSi2. The van der Waals surface area contributed by atoms with Crippen LogP contribution in [0.25, 0.3) is 0 Å². The molecule has 1 aromatic rings. The maximum Gasteiger partial charge on any atom is 0.193 e. The van der Waals surface area contributed by atoms with E-state index in [4.69, 9.17) is 8.85 Å². The SMILES string of the molecule is CC(C)(C)[S+]([O-])N[C@@H](CCO[Si](C)(C)C(C)(C)C)C(O[Si](C)(C)C(C)(C)C)c1ccccn1. The Labute approximate surface area is 209 Å². The lowest BCUT2D eigenvalue weighted by Gasteiger charge is -2.42. The van der Waals surface area contributed by atoms with Crippen LogP contribution in [0.1, 0.15) is 80.5 Å². The van der Waals surface area contributed by atoms with Crippen LogP contribution in [0.2, 0.25) is 36.3 Å². The molecule has 0 saturated carbocycles. The molecule has 0 spiro atoms. The minimum absolute atomic E-state index is 0.0470. The summed E-state index contributed by atoms with van der Waals surface area (Å²) in [5.41, 5.74) is 0.873. The molecule has 3 atom stereocenters. The number of pyridine rings is 1. The minimum atomic E-state index is -2.13. The van der Waals surface area contributed by atoms with E-state index in [2.05, 4.69) is 77.4 Å². The topological polar surface area (TPSA) is 66.4 Å². The van der Waals surface area contributed by atoms with Gasteiger partial charge in [-0.3, -0.25) is 4.98 Å². The summed E-state index contributed by atoms with van der Waals surface area (Å²) in [4.78, 5) is 4.66. The molecule has 0 fully saturated rings. The summed E-state index contributed by atoms with van der Waals surface area (Å²) >= 11 is -1.24. The molecule has 1 aromatic heterocycles. The Morgan fingerprint density at radius 2 is 1.48 bits per heavy atom. The van der Waals surface area contributed by atoms with Gasteiger partial charge in [-0.25, -0.2) is 0 Å². The lowest BCUT2D eigenvalue weighted by molar-refractivity contribution is 0.126. The smallest absolute Gasteiger partial charge is 0.193 e. The molecule has 1 heterocycles. The third-order valence-electron chi connectivity index (χ3n) is 7.09. The molecule has 0 aliphatic heterocycles. The number of nitrogens with one attached hydrogen (secondary N) is 1. The molecule has 5 nitrogen and oxygen atoms in total. The van der Waals surface area contributed by atoms with Crippen LogP contribution in [0.4, 0.5) is 0 Å². The van der Waals surface area contributed by atoms with Crippen molar-refractivity contribution in [3.8, 4) is 0 Å². The minimum Gasteiger partial charge on any atom is -0.598 e. The quantitative estimate of drug-likeness (QED) is 0.269. The molecule has 1 rings (SSSR count). The van der Waals surface area contributed by atoms with Gasteiger partial charge in [0.15, 0.2) is 16.6 Å². The maximum atomic E-state index is 13.2. The van der Waals surface area contributed by atoms with E-state index < -0.39 is 28.0 Å². The predicted octanol–water partition coefficient (Wildman–Crippen LogP) is 6.98. The predicted molar refractivity (Wildman–Crippen MR) is 148 cm³/mol. The molecule has 0 radical (unpaired) electrons. The summed E-state index contributed by atoms with van der Waals surface area (Å²) in [7, 11) is -4.02. The van der Waals surface area contributed by atoms with Crippen LogP contribution in [0.15, 0.2) is 24.4 Å². The molecule has 0 aliphatic rings. The third-order valence-corrected chi connectivity index (χ3v) is 17.7. The number of rotatable bonds is 10. The number of hydrogen-bond donors (Lipinski definition) is 1. The van der Waals surface area contributed by atoms with Crippen LogP contribution in [0, 0.1) is 0 Å². The summed E-state index contributed by atoms with van der Waals surface area (Å²) in [6.45, 7) is 29.1. The van der Waals surface area contributed by atoms with Crippen molar-refractivity contribution in [2.75, 3.05) is 6.61 Å². The highest BCUT2D eigenvalue weighted by Crippen LogP contribution is 2.41. The zero-order valence-electron chi connectivity index (χ0n) is 23.5. The van der Waals surface area contributed by atoms with Crippen LogP contribution in [-0.4, -0.2) is 43.6 Å². The third kappa shape index (κ3) is 9.05. The van der Waals surface area contributed by atoms with Gasteiger partial charge in [0.1, 0.15) is 10.9 Å². The van der Waals surface area contributed by atoms with Crippen LogP contribution < -0.4 is 4.72 Å². The second-order valence-electron chi connectivity index (χ2n) is 13.1. The first-order valence-corrected chi connectivity index (χ1v) is 19.1. The van der Waals surface area contributed by atoms with E-state index in [1.54, 1.807) is 6.20 Å². The molecule has 33 heavy (non-hydrogen) atoms. The fraction of sp³-hybridized carbons (Fsp3) is 0.800. The Bertz CT molecular complexity index is 726. The van der Waals surface area contributed by atoms with E-state index in [-0.39, 0.29) is 27.0 Å². The zero-order valence-corrected chi connectivity index (χ0v) is 26.3. The molecule has 0 aliphatic carbocycles. The standard InChI is InChI=1S/C25H50N2O3SSi2/c1-23(2,3)31(28)27-21(17-19-29-32(10,11)24(4,5)6)22(20-16-14-15-18-26-20)30-33(12,13)25(7,8)9/h14-16,18,21-22,27H,17,19H2,1-13H3/t21-,22?,31?/m0/s1. The number of aromatic nitrogens is 1. The average molecular weight is 515 g/mol.